The third kappa shape index (κ3) is 3.71. The molecule has 4 nitrogen and oxygen atoms in total. The topological polar surface area (TPSA) is 42.4 Å². The first-order chi connectivity index (χ1) is 11.1. The van der Waals surface area contributed by atoms with Gasteiger partial charge in [0.25, 0.3) is 0 Å². The lowest BCUT2D eigenvalue weighted by Crippen LogP contribution is -2.38. The van der Waals surface area contributed by atoms with E-state index in [1.54, 1.807) is 23.2 Å². The maximum Gasteiger partial charge on any atom is 0.233 e. The molecule has 1 aromatic carbocycles. The lowest BCUT2D eigenvalue weighted by molar-refractivity contribution is -0.123. The fourth-order valence-electron chi connectivity index (χ4n) is 2.83. The van der Waals surface area contributed by atoms with Crippen LogP contribution in [-0.2, 0) is 16.1 Å². The predicted molar refractivity (Wildman–Crippen MR) is 90.4 cm³/mol. The van der Waals surface area contributed by atoms with Crippen LogP contribution in [0.3, 0.4) is 0 Å². The Morgan fingerprint density at radius 2 is 2.09 bits per heavy atom. The van der Waals surface area contributed by atoms with Gasteiger partial charge in [-0.1, -0.05) is 17.7 Å². The molecule has 0 N–H and O–H groups in total. The molecule has 0 aliphatic carbocycles. The summed E-state index contributed by atoms with van der Waals surface area (Å²) in [5.41, 5.74) is 1.67. The van der Waals surface area contributed by atoms with Crippen molar-refractivity contribution in [2.24, 2.45) is 5.92 Å². The molecule has 0 bridgehead atoms. The van der Waals surface area contributed by atoms with E-state index >= 15 is 0 Å². The zero-order valence-electron chi connectivity index (χ0n) is 13.0. The van der Waals surface area contributed by atoms with Crippen molar-refractivity contribution in [3.8, 4) is 0 Å². The minimum atomic E-state index is -0.116. The summed E-state index contributed by atoms with van der Waals surface area (Å²) in [6.45, 7) is 3.02. The summed E-state index contributed by atoms with van der Waals surface area (Å²) >= 11 is 5.97. The second-order valence-electron chi connectivity index (χ2n) is 5.69. The molecule has 2 aromatic rings. The second kappa shape index (κ2) is 7.11. The number of hydrogen-bond acceptors (Lipinski definition) is 3. The van der Waals surface area contributed by atoms with Crippen molar-refractivity contribution in [1.29, 1.82) is 0 Å². The van der Waals surface area contributed by atoms with Gasteiger partial charge in [0.15, 0.2) is 0 Å². The number of carbonyl (C=O) groups is 1. The minimum Gasteiger partial charge on any atom is -0.378 e. The van der Waals surface area contributed by atoms with Crippen molar-refractivity contribution in [2.75, 3.05) is 11.5 Å². The summed E-state index contributed by atoms with van der Waals surface area (Å²) in [6, 6.07) is 13.0. The van der Waals surface area contributed by atoms with Crippen molar-refractivity contribution < 1.29 is 9.53 Å². The Morgan fingerprint density at radius 1 is 1.30 bits per heavy atom. The van der Waals surface area contributed by atoms with E-state index in [1.807, 2.05) is 37.3 Å². The highest BCUT2D eigenvalue weighted by atomic mass is 35.5. The Kier molecular flexibility index (Phi) is 4.94. The predicted octanol–water partition coefficient (Wildman–Crippen LogP) is 3.69. The molecule has 1 amide bonds. The van der Waals surface area contributed by atoms with Crippen LogP contribution in [0.2, 0.25) is 5.02 Å². The lowest BCUT2D eigenvalue weighted by atomic mass is 10.0. The molecule has 120 valence electrons. The number of aromatic nitrogens is 1. The number of carbonyl (C=O) groups excluding carboxylic acids is 1. The molecule has 2 heterocycles. The average molecular weight is 331 g/mol. The number of hydrogen-bond donors (Lipinski definition) is 0. The third-order valence-electron chi connectivity index (χ3n) is 4.14. The van der Waals surface area contributed by atoms with Gasteiger partial charge in [-0.05, 0) is 49.7 Å². The van der Waals surface area contributed by atoms with Crippen LogP contribution in [0.4, 0.5) is 5.69 Å². The van der Waals surface area contributed by atoms with Gasteiger partial charge in [-0.3, -0.25) is 9.78 Å². The Morgan fingerprint density at radius 3 is 2.70 bits per heavy atom. The molecular weight excluding hydrogens is 312 g/mol. The summed E-state index contributed by atoms with van der Waals surface area (Å²) in [4.78, 5) is 19.1. The summed E-state index contributed by atoms with van der Waals surface area (Å²) in [6.07, 6.45) is 2.44. The van der Waals surface area contributed by atoms with Crippen LogP contribution >= 0.6 is 11.6 Å². The molecule has 1 saturated heterocycles. The van der Waals surface area contributed by atoms with E-state index in [1.165, 1.54) is 0 Å². The normalized spacial score (nSPS) is 20.4. The molecule has 0 spiro atoms. The second-order valence-corrected chi connectivity index (χ2v) is 6.13. The fourth-order valence-corrected chi connectivity index (χ4v) is 2.95. The zero-order chi connectivity index (χ0) is 16.2. The Bertz CT molecular complexity index is 660. The van der Waals surface area contributed by atoms with Crippen molar-refractivity contribution >= 4 is 23.2 Å². The molecule has 3 rings (SSSR count). The largest absolute Gasteiger partial charge is 0.378 e. The summed E-state index contributed by atoms with van der Waals surface area (Å²) < 4.78 is 5.56. The first-order valence-corrected chi connectivity index (χ1v) is 8.11. The molecule has 0 radical (unpaired) electrons. The number of anilines is 1. The van der Waals surface area contributed by atoms with Gasteiger partial charge >= 0.3 is 0 Å². The SMILES string of the molecule is C[C@@H]1OCC[C@@H]1C(=O)N(Cc1ccccn1)c1ccc(Cl)cc1. The number of benzene rings is 1. The molecule has 0 saturated carbocycles. The summed E-state index contributed by atoms with van der Waals surface area (Å²) in [7, 11) is 0. The van der Waals surface area contributed by atoms with E-state index in [4.69, 9.17) is 16.3 Å². The first-order valence-electron chi connectivity index (χ1n) is 7.73. The molecule has 1 aliphatic rings. The standard InChI is InChI=1S/C18H19ClN2O2/c1-13-17(9-11-23-13)18(22)21(12-15-4-2-3-10-20-15)16-7-5-14(19)6-8-16/h2-8,10,13,17H,9,11-12H2,1H3/t13-,17-/m0/s1. The Labute approximate surface area is 141 Å². The van der Waals surface area contributed by atoms with Gasteiger partial charge in [-0.25, -0.2) is 0 Å². The van der Waals surface area contributed by atoms with E-state index in [2.05, 4.69) is 4.98 Å². The molecule has 5 heteroatoms. The highest BCUT2D eigenvalue weighted by Crippen LogP contribution is 2.27. The van der Waals surface area contributed by atoms with Crippen LogP contribution in [0.25, 0.3) is 0 Å². The molecule has 1 aromatic heterocycles. The molecule has 2 atom stereocenters. The zero-order valence-corrected chi connectivity index (χ0v) is 13.7. The molecule has 1 fully saturated rings. The van der Waals surface area contributed by atoms with Gasteiger partial charge in [0, 0.05) is 23.5 Å². The van der Waals surface area contributed by atoms with E-state index in [-0.39, 0.29) is 17.9 Å². The van der Waals surface area contributed by atoms with Crippen LogP contribution in [-0.4, -0.2) is 23.6 Å². The maximum absolute atomic E-state index is 13.0. The van der Waals surface area contributed by atoms with Gasteiger partial charge in [-0.15, -0.1) is 0 Å². The Balaban J connectivity index is 1.89. The summed E-state index contributed by atoms with van der Waals surface area (Å²) in [5.74, 6) is -0.0441. The number of ether oxygens (including phenoxy) is 1. The number of pyridine rings is 1. The lowest BCUT2D eigenvalue weighted by Gasteiger charge is -2.26. The minimum absolute atomic E-state index is 0.0546. The van der Waals surface area contributed by atoms with Crippen LogP contribution in [0.5, 0.6) is 0 Å². The molecule has 0 unspecified atom stereocenters. The number of amides is 1. The van der Waals surface area contributed by atoms with Gasteiger partial charge in [0.1, 0.15) is 0 Å². The van der Waals surface area contributed by atoms with E-state index in [0.717, 1.165) is 17.8 Å². The van der Waals surface area contributed by atoms with Gasteiger partial charge in [-0.2, -0.15) is 0 Å². The van der Waals surface area contributed by atoms with E-state index < -0.39 is 0 Å². The molecule has 23 heavy (non-hydrogen) atoms. The van der Waals surface area contributed by atoms with Crippen molar-refractivity contribution in [3.05, 3.63) is 59.4 Å². The first kappa shape index (κ1) is 16.0. The quantitative estimate of drug-likeness (QED) is 0.858. The summed E-state index contributed by atoms with van der Waals surface area (Å²) in [5, 5.41) is 0.650. The van der Waals surface area contributed by atoms with Gasteiger partial charge in [0.05, 0.1) is 24.3 Å². The molecule has 1 aliphatic heterocycles. The maximum atomic E-state index is 13.0. The number of nitrogens with zero attached hydrogens (tertiary/aromatic N) is 2. The smallest absolute Gasteiger partial charge is 0.233 e. The third-order valence-corrected chi connectivity index (χ3v) is 4.40. The van der Waals surface area contributed by atoms with Crippen LogP contribution in [0.15, 0.2) is 48.7 Å². The van der Waals surface area contributed by atoms with Crippen molar-refractivity contribution in [2.45, 2.75) is 26.0 Å². The van der Waals surface area contributed by atoms with Gasteiger partial charge < -0.3 is 9.64 Å². The van der Waals surface area contributed by atoms with Crippen molar-refractivity contribution in [1.82, 2.24) is 4.98 Å². The van der Waals surface area contributed by atoms with E-state index in [9.17, 15) is 4.79 Å². The van der Waals surface area contributed by atoms with Gasteiger partial charge in [0.2, 0.25) is 5.91 Å². The van der Waals surface area contributed by atoms with Crippen LogP contribution in [0, 0.1) is 5.92 Å². The number of halogens is 1. The van der Waals surface area contributed by atoms with Crippen molar-refractivity contribution in [3.63, 3.8) is 0 Å². The number of rotatable bonds is 4. The average Bonchev–Trinajstić information content (AvgIpc) is 3.00. The molecular formula is C18H19ClN2O2. The van der Waals surface area contributed by atoms with Crippen LogP contribution in [0.1, 0.15) is 19.0 Å². The highest BCUT2D eigenvalue weighted by Gasteiger charge is 2.34. The van der Waals surface area contributed by atoms with E-state index in [0.29, 0.717) is 18.2 Å². The van der Waals surface area contributed by atoms with Crippen LogP contribution < -0.4 is 4.90 Å². The Hall–Kier alpha value is -1.91. The monoisotopic (exact) mass is 330 g/mol. The fraction of sp³-hybridized carbons (Fsp3) is 0.333. The highest BCUT2D eigenvalue weighted by molar-refractivity contribution is 6.30.